The predicted octanol–water partition coefficient (Wildman–Crippen LogP) is 1.15. The highest BCUT2D eigenvalue weighted by Crippen LogP contribution is 2.54. The predicted molar refractivity (Wildman–Crippen MR) is 60.5 cm³/mol. The summed E-state index contributed by atoms with van der Waals surface area (Å²) >= 11 is 0. The summed E-state index contributed by atoms with van der Waals surface area (Å²) in [5, 5.41) is 6.41. The van der Waals surface area contributed by atoms with Crippen molar-refractivity contribution in [2.75, 3.05) is 19.6 Å². The minimum absolute atomic E-state index is 0.284. The van der Waals surface area contributed by atoms with Gasteiger partial charge in [-0.25, -0.2) is 0 Å². The Morgan fingerprint density at radius 3 is 2.93 bits per heavy atom. The van der Waals surface area contributed by atoms with Gasteiger partial charge in [-0.3, -0.25) is 4.79 Å². The molecule has 15 heavy (non-hydrogen) atoms. The van der Waals surface area contributed by atoms with Gasteiger partial charge in [0, 0.05) is 12.5 Å². The molecule has 2 aliphatic rings. The molecule has 1 saturated carbocycles. The lowest BCUT2D eigenvalue weighted by molar-refractivity contribution is -0.123. The van der Waals surface area contributed by atoms with E-state index in [2.05, 4.69) is 24.5 Å². The third-order valence-electron chi connectivity index (χ3n) is 4.20. The van der Waals surface area contributed by atoms with Crippen LogP contribution in [0.4, 0.5) is 0 Å². The summed E-state index contributed by atoms with van der Waals surface area (Å²) in [6.07, 6.45) is 3.41. The van der Waals surface area contributed by atoms with Crippen LogP contribution in [-0.2, 0) is 4.79 Å². The van der Waals surface area contributed by atoms with E-state index < -0.39 is 0 Å². The Kier molecular flexibility index (Phi) is 3.01. The molecule has 86 valence electrons. The van der Waals surface area contributed by atoms with Gasteiger partial charge in [0.15, 0.2) is 0 Å². The lowest BCUT2D eigenvalue weighted by atomic mass is 10.0. The molecule has 3 atom stereocenters. The molecule has 1 heterocycles. The first-order valence-electron chi connectivity index (χ1n) is 6.14. The van der Waals surface area contributed by atoms with Gasteiger partial charge in [-0.2, -0.15) is 0 Å². The van der Waals surface area contributed by atoms with Crippen LogP contribution in [0.1, 0.15) is 33.1 Å². The van der Waals surface area contributed by atoms with Crippen LogP contribution in [0.25, 0.3) is 0 Å². The summed E-state index contributed by atoms with van der Waals surface area (Å²) in [6.45, 7) is 7.43. The average molecular weight is 210 g/mol. The summed E-state index contributed by atoms with van der Waals surface area (Å²) in [7, 11) is 0. The lowest BCUT2D eigenvalue weighted by Crippen LogP contribution is -2.32. The fraction of sp³-hybridized carbons (Fsp3) is 0.917. The summed E-state index contributed by atoms with van der Waals surface area (Å²) in [5.74, 6) is 1.23. The van der Waals surface area contributed by atoms with Crippen LogP contribution in [-0.4, -0.2) is 25.5 Å². The van der Waals surface area contributed by atoms with Crippen molar-refractivity contribution in [3.63, 3.8) is 0 Å². The van der Waals surface area contributed by atoms with E-state index in [9.17, 15) is 4.79 Å². The normalized spacial score (nSPS) is 39.1. The second kappa shape index (κ2) is 4.12. The molecule has 0 bridgehead atoms. The molecule has 0 aromatic carbocycles. The van der Waals surface area contributed by atoms with Crippen molar-refractivity contribution in [1.29, 1.82) is 0 Å². The average Bonchev–Trinajstić information content (AvgIpc) is 2.70. The summed E-state index contributed by atoms with van der Waals surface area (Å²) in [4.78, 5) is 11.8. The summed E-state index contributed by atoms with van der Waals surface area (Å²) in [5.41, 5.74) is 0.304. The minimum atomic E-state index is 0.284. The zero-order valence-electron chi connectivity index (χ0n) is 9.81. The minimum Gasteiger partial charge on any atom is -0.356 e. The Hall–Kier alpha value is -0.570. The van der Waals surface area contributed by atoms with Crippen LogP contribution in [0, 0.1) is 17.3 Å². The monoisotopic (exact) mass is 210 g/mol. The highest BCUT2D eigenvalue weighted by atomic mass is 16.2. The topological polar surface area (TPSA) is 41.1 Å². The van der Waals surface area contributed by atoms with Crippen LogP contribution in [0.2, 0.25) is 0 Å². The number of carbonyl (C=O) groups is 1. The van der Waals surface area contributed by atoms with E-state index in [0.29, 0.717) is 11.3 Å². The van der Waals surface area contributed by atoms with Crippen molar-refractivity contribution in [3.05, 3.63) is 0 Å². The molecule has 1 amide bonds. The van der Waals surface area contributed by atoms with E-state index >= 15 is 0 Å². The quantitative estimate of drug-likeness (QED) is 0.731. The van der Waals surface area contributed by atoms with Crippen LogP contribution in [0.15, 0.2) is 0 Å². The molecule has 2 rings (SSSR count). The van der Waals surface area contributed by atoms with Gasteiger partial charge in [-0.15, -0.1) is 0 Å². The second-order valence-electron chi connectivity index (χ2n) is 5.37. The van der Waals surface area contributed by atoms with E-state index in [1.54, 1.807) is 0 Å². The van der Waals surface area contributed by atoms with Gasteiger partial charge in [0.2, 0.25) is 5.91 Å². The maximum atomic E-state index is 11.8. The highest BCUT2D eigenvalue weighted by Gasteiger charge is 2.52. The molecule has 2 fully saturated rings. The first-order chi connectivity index (χ1) is 7.15. The van der Waals surface area contributed by atoms with Crippen LogP contribution >= 0.6 is 0 Å². The molecule has 2 N–H and O–H groups in total. The fourth-order valence-corrected chi connectivity index (χ4v) is 2.46. The second-order valence-corrected chi connectivity index (χ2v) is 5.37. The highest BCUT2D eigenvalue weighted by molar-refractivity contribution is 5.82. The number of amides is 1. The first-order valence-corrected chi connectivity index (χ1v) is 6.14. The van der Waals surface area contributed by atoms with Gasteiger partial charge in [-0.1, -0.05) is 13.8 Å². The van der Waals surface area contributed by atoms with Gasteiger partial charge in [-0.05, 0) is 43.7 Å². The van der Waals surface area contributed by atoms with Crippen molar-refractivity contribution in [2.24, 2.45) is 17.3 Å². The smallest absolute Gasteiger partial charge is 0.223 e. The van der Waals surface area contributed by atoms with Gasteiger partial charge >= 0.3 is 0 Å². The van der Waals surface area contributed by atoms with Crippen molar-refractivity contribution in [1.82, 2.24) is 10.6 Å². The maximum absolute atomic E-state index is 11.8. The Morgan fingerprint density at radius 1 is 1.60 bits per heavy atom. The number of hydrogen-bond acceptors (Lipinski definition) is 2. The lowest BCUT2D eigenvalue weighted by Gasteiger charge is -2.11. The van der Waals surface area contributed by atoms with Crippen molar-refractivity contribution in [3.8, 4) is 0 Å². The van der Waals surface area contributed by atoms with Gasteiger partial charge in [0.25, 0.3) is 0 Å². The summed E-state index contributed by atoms with van der Waals surface area (Å²) < 4.78 is 0. The molecule has 1 saturated heterocycles. The van der Waals surface area contributed by atoms with E-state index in [-0.39, 0.29) is 11.8 Å². The molecule has 0 aromatic rings. The first kappa shape index (κ1) is 10.9. The molecule has 3 unspecified atom stereocenters. The third-order valence-corrected chi connectivity index (χ3v) is 4.20. The molecule has 1 aliphatic carbocycles. The Bertz CT molecular complexity index is 248. The standard InChI is InChI=1S/C12H22N2O/c1-3-12(2)6-10(12)11(15)14-8-9-4-5-13-7-9/h9-10,13H,3-8H2,1-2H3,(H,14,15). The third kappa shape index (κ3) is 2.33. The molecular formula is C12H22N2O. The van der Waals surface area contributed by atoms with E-state index in [4.69, 9.17) is 0 Å². The van der Waals surface area contributed by atoms with E-state index in [0.717, 1.165) is 32.5 Å². The number of carbonyl (C=O) groups excluding carboxylic acids is 1. The van der Waals surface area contributed by atoms with Crippen molar-refractivity contribution in [2.45, 2.75) is 33.1 Å². The van der Waals surface area contributed by atoms with E-state index in [1.165, 1.54) is 6.42 Å². The Labute approximate surface area is 92.0 Å². The molecule has 3 nitrogen and oxygen atoms in total. The Balaban J connectivity index is 1.69. The van der Waals surface area contributed by atoms with E-state index in [1.807, 2.05) is 0 Å². The molecule has 1 aliphatic heterocycles. The SMILES string of the molecule is CCC1(C)CC1C(=O)NCC1CCNC1. The zero-order valence-corrected chi connectivity index (χ0v) is 9.81. The number of rotatable bonds is 4. The maximum Gasteiger partial charge on any atom is 0.223 e. The zero-order chi connectivity index (χ0) is 10.9. The van der Waals surface area contributed by atoms with Crippen LogP contribution in [0.3, 0.4) is 0 Å². The largest absolute Gasteiger partial charge is 0.356 e. The van der Waals surface area contributed by atoms with Gasteiger partial charge < -0.3 is 10.6 Å². The number of hydrogen-bond donors (Lipinski definition) is 2. The number of nitrogens with one attached hydrogen (secondary N) is 2. The van der Waals surface area contributed by atoms with Crippen LogP contribution in [0.5, 0.6) is 0 Å². The Morgan fingerprint density at radius 2 is 2.40 bits per heavy atom. The van der Waals surface area contributed by atoms with Crippen molar-refractivity contribution >= 4 is 5.91 Å². The van der Waals surface area contributed by atoms with Gasteiger partial charge in [0.1, 0.15) is 0 Å². The van der Waals surface area contributed by atoms with Crippen molar-refractivity contribution < 1.29 is 4.79 Å². The van der Waals surface area contributed by atoms with Gasteiger partial charge in [0.05, 0.1) is 0 Å². The molecule has 0 aromatic heterocycles. The molecule has 3 heteroatoms. The molecule has 0 spiro atoms. The fourth-order valence-electron chi connectivity index (χ4n) is 2.46. The molecule has 0 radical (unpaired) electrons. The molecular weight excluding hydrogens is 188 g/mol. The van der Waals surface area contributed by atoms with Crippen LogP contribution < -0.4 is 10.6 Å². The summed E-state index contributed by atoms with van der Waals surface area (Å²) in [6, 6.07) is 0.